The van der Waals surface area contributed by atoms with Crippen molar-refractivity contribution < 1.29 is 19.4 Å². The molecule has 6 heteroatoms. The van der Waals surface area contributed by atoms with E-state index in [-0.39, 0.29) is 6.09 Å². The number of nitrogens with zero attached hydrogens (tertiary/aromatic N) is 2. The molecule has 0 aromatic heterocycles. The van der Waals surface area contributed by atoms with Crippen LogP contribution in [0, 0.1) is 0 Å². The predicted octanol–water partition coefficient (Wildman–Crippen LogP) is 0.546. The van der Waals surface area contributed by atoms with Gasteiger partial charge in [-0.2, -0.15) is 0 Å². The van der Waals surface area contributed by atoms with Crippen LogP contribution in [0.2, 0.25) is 0 Å². The third kappa shape index (κ3) is 6.22. The lowest BCUT2D eigenvalue weighted by molar-refractivity contribution is 0.00245. The molecular formula is C13H26N2O4. The number of carbonyl (C=O) groups is 1. The van der Waals surface area contributed by atoms with E-state index in [0.29, 0.717) is 26.2 Å². The number of β-amino-alcohol motifs (C(OH)–C–C–N with tert-alkyl or cyclic N) is 1. The van der Waals surface area contributed by atoms with Crippen LogP contribution in [0.25, 0.3) is 0 Å². The number of aliphatic hydroxyl groups is 1. The molecule has 112 valence electrons. The molecule has 1 aliphatic rings. The molecule has 1 fully saturated rings. The van der Waals surface area contributed by atoms with E-state index in [9.17, 15) is 9.90 Å². The number of methoxy groups -OCH3 is 1. The molecule has 0 aliphatic carbocycles. The van der Waals surface area contributed by atoms with Crippen molar-refractivity contribution in [3.05, 3.63) is 0 Å². The lowest BCUT2D eigenvalue weighted by atomic mass is 10.2. The SMILES string of the molecule is COCC(O)CN1CCN(C(=O)OC(C)(C)C)CC1. The first kappa shape index (κ1) is 16.2. The summed E-state index contributed by atoms with van der Waals surface area (Å²) in [4.78, 5) is 15.7. The van der Waals surface area contributed by atoms with Crippen LogP contribution in [0.4, 0.5) is 4.79 Å². The van der Waals surface area contributed by atoms with Gasteiger partial charge in [-0.1, -0.05) is 0 Å². The molecule has 6 nitrogen and oxygen atoms in total. The second kappa shape index (κ2) is 7.07. The van der Waals surface area contributed by atoms with Crippen molar-refractivity contribution in [2.75, 3.05) is 46.4 Å². The molecule has 1 amide bonds. The van der Waals surface area contributed by atoms with Crippen molar-refractivity contribution in [2.24, 2.45) is 0 Å². The first-order chi connectivity index (χ1) is 8.81. The van der Waals surface area contributed by atoms with Gasteiger partial charge in [-0.05, 0) is 20.8 Å². The van der Waals surface area contributed by atoms with E-state index < -0.39 is 11.7 Å². The van der Waals surface area contributed by atoms with Crippen molar-refractivity contribution in [1.29, 1.82) is 0 Å². The smallest absolute Gasteiger partial charge is 0.410 e. The third-order valence-electron chi connectivity index (χ3n) is 2.85. The first-order valence-electron chi connectivity index (χ1n) is 6.69. The molecular weight excluding hydrogens is 248 g/mol. The van der Waals surface area contributed by atoms with Gasteiger partial charge in [-0.15, -0.1) is 0 Å². The topological polar surface area (TPSA) is 62.2 Å². The van der Waals surface area contributed by atoms with E-state index in [4.69, 9.17) is 9.47 Å². The second-order valence-electron chi connectivity index (χ2n) is 5.88. The fraction of sp³-hybridized carbons (Fsp3) is 0.923. The molecule has 1 rings (SSSR count). The summed E-state index contributed by atoms with van der Waals surface area (Å²) < 4.78 is 10.2. The van der Waals surface area contributed by atoms with Gasteiger partial charge in [0.1, 0.15) is 5.60 Å². The van der Waals surface area contributed by atoms with Gasteiger partial charge in [-0.25, -0.2) is 4.79 Å². The monoisotopic (exact) mass is 274 g/mol. The Labute approximate surface area is 115 Å². The van der Waals surface area contributed by atoms with Gasteiger partial charge >= 0.3 is 6.09 Å². The van der Waals surface area contributed by atoms with Gasteiger partial charge in [-0.3, -0.25) is 4.90 Å². The molecule has 1 unspecified atom stereocenters. The highest BCUT2D eigenvalue weighted by Gasteiger charge is 2.26. The highest BCUT2D eigenvalue weighted by molar-refractivity contribution is 5.68. The van der Waals surface area contributed by atoms with Crippen LogP contribution >= 0.6 is 0 Å². The van der Waals surface area contributed by atoms with Crippen LogP contribution in [0.15, 0.2) is 0 Å². The summed E-state index contributed by atoms with van der Waals surface area (Å²) in [6, 6.07) is 0. The average Bonchev–Trinajstić information content (AvgIpc) is 2.27. The standard InChI is InChI=1S/C13H26N2O4/c1-13(2,3)19-12(17)15-7-5-14(6-8-15)9-11(16)10-18-4/h11,16H,5-10H2,1-4H3. The lowest BCUT2D eigenvalue weighted by Gasteiger charge is -2.36. The number of ether oxygens (including phenoxy) is 2. The van der Waals surface area contributed by atoms with Gasteiger partial charge in [0.2, 0.25) is 0 Å². The van der Waals surface area contributed by atoms with E-state index in [1.54, 1.807) is 12.0 Å². The van der Waals surface area contributed by atoms with Crippen molar-refractivity contribution >= 4 is 6.09 Å². The van der Waals surface area contributed by atoms with Gasteiger partial charge in [0.05, 0.1) is 12.7 Å². The van der Waals surface area contributed by atoms with Gasteiger partial charge in [0, 0.05) is 39.8 Å². The summed E-state index contributed by atoms with van der Waals surface area (Å²) in [6.45, 7) is 9.28. The molecule has 0 bridgehead atoms. The van der Waals surface area contributed by atoms with E-state index in [1.807, 2.05) is 20.8 Å². The van der Waals surface area contributed by atoms with Crippen molar-refractivity contribution in [3.63, 3.8) is 0 Å². The number of hydrogen-bond acceptors (Lipinski definition) is 5. The summed E-state index contributed by atoms with van der Waals surface area (Å²) in [7, 11) is 1.57. The van der Waals surface area contributed by atoms with Crippen LogP contribution in [0.5, 0.6) is 0 Å². The fourth-order valence-electron chi connectivity index (χ4n) is 1.98. The van der Waals surface area contributed by atoms with Crippen LogP contribution in [0.1, 0.15) is 20.8 Å². The van der Waals surface area contributed by atoms with E-state index in [2.05, 4.69) is 4.90 Å². The van der Waals surface area contributed by atoms with Gasteiger partial charge < -0.3 is 19.5 Å². The Morgan fingerprint density at radius 3 is 2.32 bits per heavy atom. The Balaban J connectivity index is 2.30. The largest absolute Gasteiger partial charge is 0.444 e. The number of carbonyl (C=O) groups excluding carboxylic acids is 1. The first-order valence-corrected chi connectivity index (χ1v) is 6.69. The van der Waals surface area contributed by atoms with Gasteiger partial charge in [0.15, 0.2) is 0 Å². The zero-order chi connectivity index (χ0) is 14.5. The maximum absolute atomic E-state index is 11.9. The zero-order valence-corrected chi connectivity index (χ0v) is 12.4. The summed E-state index contributed by atoms with van der Waals surface area (Å²) in [5.41, 5.74) is -0.455. The van der Waals surface area contributed by atoms with Crippen molar-refractivity contribution in [3.8, 4) is 0 Å². The number of aliphatic hydroxyl groups excluding tert-OH is 1. The Bertz CT molecular complexity index is 283. The molecule has 0 saturated carbocycles. The average molecular weight is 274 g/mol. The van der Waals surface area contributed by atoms with Crippen molar-refractivity contribution in [1.82, 2.24) is 9.80 Å². The molecule has 1 N–H and O–H groups in total. The predicted molar refractivity (Wildman–Crippen MR) is 72.1 cm³/mol. The van der Waals surface area contributed by atoms with Crippen LogP contribution in [-0.4, -0.2) is 79.1 Å². The molecule has 19 heavy (non-hydrogen) atoms. The minimum atomic E-state index is -0.474. The van der Waals surface area contributed by atoms with E-state index in [1.165, 1.54) is 0 Å². The Hall–Kier alpha value is -0.850. The zero-order valence-electron chi connectivity index (χ0n) is 12.4. The minimum Gasteiger partial charge on any atom is -0.444 e. The Morgan fingerprint density at radius 2 is 1.84 bits per heavy atom. The summed E-state index contributed by atoms with van der Waals surface area (Å²) in [5, 5.41) is 9.66. The number of amides is 1. The van der Waals surface area contributed by atoms with Gasteiger partial charge in [0.25, 0.3) is 0 Å². The highest BCUT2D eigenvalue weighted by Crippen LogP contribution is 2.12. The molecule has 1 aliphatic heterocycles. The van der Waals surface area contributed by atoms with E-state index >= 15 is 0 Å². The Morgan fingerprint density at radius 1 is 1.26 bits per heavy atom. The van der Waals surface area contributed by atoms with Crippen LogP contribution < -0.4 is 0 Å². The van der Waals surface area contributed by atoms with Crippen LogP contribution in [0.3, 0.4) is 0 Å². The number of rotatable bonds is 4. The van der Waals surface area contributed by atoms with Crippen LogP contribution in [-0.2, 0) is 9.47 Å². The molecule has 1 heterocycles. The maximum Gasteiger partial charge on any atom is 0.410 e. The second-order valence-corrected chi connectivity index (χ2v) is 5.88. The third-order valence-corrected chi connectivity index (χ3v) is 2.85. The summed E-state index contributed by atoms with van der Waals surface area (Å²) in [6.07, 6.45) is -0.734. The molecule has 1 atom stereocenters. The number of piperazine rings is 1. The van der Waals surface area contributed by atoms with Crippen molar-refractivity contribution in [2.45, 2.75) is 32.5 Å². The Kier molecular flexibility index (Phi) is 6.03. The summed E-state index contributed by atoms with van der Waals surface area (Å²) in [5.74, 6) is 0. The molecule has 0 aromatic rings. The molecule has 0 aromatic carbocycles. The van der Waals surface area contributed by atoms with E-state index in [0.717, 1.165) is 13.1 Å². The number of hydrogen-bond donors (Lipinski definition) is 1. The minimum absolute atomic E-state index is 0.260. The summed E-state index contributed by atoms with van der Waals surface area (Å²) >= 11 is 0. The maximum atomic E-state index is 11.9. The molecule has 0 spiro atoms. The molecule has 1 saturated heterocycles. The normalized spacial score (nSPS) is 19.3. The molecule has 0 radical (unpaired) electrons. The highest BCUT2D eigenvalue weighted by atomic mass is 16.6. The lowest BCUT2D eigenvalue weighted by Crippen LogP contribution is -2.51. The quantitative estimate of drug-likeness (QED) is 0.811. The fourth-order valence-corrected chi connectivity index (χ4v) is 1.98.